The molecule has 1 heterocycles. The second-order valence-electron chi connectivity index (χ2n) is 4.56. The van der Waals surface area contributed by atoms with Gasteiger partial charge in [-0.05, 0) is 30.6 Å². The highest BCUT2D eigenvalue weighted by molar-refractivity contribution is 7.10. The molecule has 0 bridgehead atoms. The predicted octanol–water partition coefficient (Wildman–Crippen LogP) is 3.14. The lowest BCUT2D eigenvalue weighted by Crippen LogP contribution is -2.33. The highest BCUT2D eigenvalue weighted by Crippen LogP contribution is 2.31. The molecule has 0 spiro atoms. The van der Waals surface area contributed by atoms with Gasteiger partial charge in [-0.25, -0.2) is 0 Å². The van der Waals surface area contributed by atoms with Gasteiger partial charge in [-0.15, -0.1) is 0 Å². The lowest BCUT2D eigenvalue weighted by atomic mass is 10.3. The number of halogens is 1. The van der Waals surface area contributed by atoms with E-state index in [0.29, 0.717) is 28.5 Å². The molecule has 23 heavy (non-hydrogen) atoms. The number of amides is 1. The van der Waals surface area contributed by atoms with Gasteiger partial charge in [-0.2, -0.15) is 9.64 Å². The number of benzene rings is 1. The van der Waals surface area contributed by atoms with Crippen LogP contribution in [0.3, 0.4) is 0 Å². The number of nitrogens with zero attached hydrogens (tertiary/aromatic N) is 3. The van der Waals surface area contributed by atoms with Crippen molar-refractivity contribution in [1.29, 1.82) is 5.26 Å². The van der Waals surface area contributed by atoms with E-state index in [2.05, 4.69) is 9.69 Å². The van der Waals surface area contributed by atoms with Crippen LogP contribution in [0.5, 0.6) is 5.75 Å². The van der Waals surface area contributed by atoms with Crippen molar-refractivity contribution in [2.75, 3.05) is 30.4 Å². The molecular formula is C15H15ClN4O2S. The van der Waals surface area contributed by atoms with Crippen molar-refractivity contribution >= 4 is 39.7 Å². The topological polar surface area (TPSA) is 78.2 Å². The van der Waals surface area contributed by atoms with Crippen molar-refractivity contribution in [3.05, 3.63) is 35.0 Å². The van der Waals surface area contributed by atoms with Gasteiger partial charge in [0.2, 0.25) is 5.91 Å². The van der Waals surface area contributed by atoms with Gasteiger partial charge in [0.25, 0.3) is 0 Å². The molecule has 2 rings (SSSR count). The van der Waals surface area contributed by atoms with Gasteiger partial charge in [0.05, 0.1) is 13.7 Å². The molecule has 1 aromatic heterocycles. The Balaban J connectivity index is 2.09. The second kappa shape index (κ2) is 7.81. The molecule has 0 aliphatic carbocycles. The van der Waals surface area contributed by atoms with Crippen LogP contribution >= 0.6 is 23.1 Å². The molecule has 0 fully saturated rings. The molecule has 0 unspecified atom stereocenters. The van der Waals surface area contributed by atoms with Crippen molar-refractivity contribution in [1.82, 2.24) is 4.37 Å². The fourth-order valence-corrected chi connectivity index (χ4v) is 3.07. The van der Waals surface area contributed by atoms with Crippen molar-refractivity contribution in [2.45, 2.75) is 6.92 Å². The van der Waals surface area contributed by atoms with Crippen molar-refractivity contribution in [3.63, 3.8) is 0 Å². The maximum Gasteiger partial charge on any atom is 0.243 e. The molecule has 0 saturated heterocycles. The number of hydrogen-bond acceptors (Lipinski definition) is 6. The number of nitrogens with one attached hydrogen (secondary N) is 1. The molecule has 1 N–H and O–H groups in total. The summed E-state index contributed by atoms with van der Waals surface area (Å²) in [7, 11) is 1.57. The zero-order valence-corrected chi connectivity index (χ0v) is 14.2. The summed E-state index contributed by atoms with van der Waals surface area (Å²) in [4.78, 5) is 14.0. The van der Waals surface area contributed by atoms with Crippen LogP contribution < -0.4 is 15.0 Å². The van der Waals surface area contributed by atoms with Crippen LogP contribution in [0.15, 0.2) is 24.3 Å². The number of ether oxygens (including phenoxy) is 1. The number of nitriles is 1. The highest BCUT2D eigenvalue weighted by Gasteiger charge is 2.19. The quantitative estimate of drug-likeness (QED) is 0.865. The summed E-state index contributed by atoms with van der Waals surface area (Å²) in [5, 5.41) is 12.7. The number of likely N-dealkylation sites (N-methyl/N-ethyl adjacent to an activating group) is 1. The third-order valence-corrected chi connectivity index (χ3v) is 4.38. The number of rotatable bonds is 6. The Kier molecular flexibility index (Phi) is 5.79. The third kappa shape index (κ3) is 4.12. The Bertz CT molecular complexity index is 741. The van der Waals surface area contributed by atoms with Gasteiger partial charge in [-0.3, -0.25) is 4.79 Å². The molecule has 2 aromatic rings. The molecule has 1 aromatic carbocycles. The second-order valence-corrected chi connectivity index (χ2v) is 5.67. The zero-order valence-electron chi connectivity index (χ0n) is 12.7. The fraction of sp³-hybridized carbons (Fsp3) is 0.267. The number of methoxy groups -OCH3 is 1. The smallest absolute Gasteiger partial charge is 0.243 e. The van der Waals surface area contributed by atoms with Gasteiger partial charge >= 0.3 is 0 Å². The number of anilines is 2. The molecule has 8 heteroatoms. The molecule has 0 radical (unpaired) electrons. The van der Waals surface area contributed by atoms with Crippen LogP contribution in [-0.4, -0.2) is 30.5 Å². The maximum atomic E-state index is 12.2. The van der Waals surface area contributed by atoms with E-state index in [1.807, 2.05) is 13.0 Å². The Hall–Kier alpha value is -2.30. The molecule has 6 nitrogen and oxygen atoms in total. The van der Waals surface area contributed by atoms with E-state index >= 15 is 0 Å². The largest absolute Gasteiger partial charge is 0.497 e. The summed E-state index contributed by atoms with van der Waals surface area (Å²) in [6.07, 6.45) is 0. The minimum Gasteiger partial charge on any atom is -0.497 e. The first-order chi connectivity index (χ1) is 11.1. The molecule has 1 amide bonds. The van der Waals surface area contributed by atoms with E-state index in [1.54, 1.807) is 36.3 Å². The Labute approximate surface area is 143 Å². The molecule has 0 aliphatic heterocycles. The summed E-state index contributed by atoms with van der Waals surface area (Å²) in [6.45, 7) is 2.55. The lowest BCUT2D eigenvalue weighted by Gasteiger charge is -2.20. The van der Waals surface area contributed by atoms with Crippen LogP contribution in [0.4, 0.5) is 10.7 Å². The lowest BCUT2D eigenvalue weighted by molar-refractivity contribution is -0.115. The summed E-state index contributed by atoms with van der Waals surface area (Å²) >= 11 is 6.99. The SMILES string of the molecule is CCN(CC(=O)Nc1cccc(OC)c1)c1snc(Cl)c1C#N. The number of hydrogen-bond donors (Lipinski definition) is 1. The Morgan fingerprint density at radius 2 is 2.35 bits per heavy atom. The van der Waals surface area contributed by atoms with Gasteiger partial charge in [0, 0.05) is 18.3 Å². The van der Waals surface area contributed by atoms with Gasteiger partial charge < -0.3 is 15.0 Å². The summed E-state index contributed by atoms with van der Waals surface area (Å²) in [6, 6.07) is 9.13. The van der Waals surface area contributed by atoms with Gasteiger partial charge in [0.15, 0.2) is 5.15 Å². The van der Waals surface area contributed by atoms with Crippen LogP contribution in [-0.2, 0) is 4.79 Å². The van der Waals surface area contributed by atoms with E-state index in [-0.39, 0.29) is 17.6 Å². The van der Waals surface area contributed by atoms with E-state index in [9.17, 15) is 4.79 Å². The van der Waals surface area contributed by atoms with Gasteiger partial charge in [-0.1, -0.05) is 17.7 Å². The van der Waals surface area contributed by atoms with Crippen molar-refractivity contribution in [2.24, 2.45) is 0 Å². The molecule has 120 valence electrons. The average Bonchev–Trinajstić information content (AvgIpc) is 2.93. The normalized spacial score (nSPS) is 10.0. The highest BCUT2D eigenvalue weighted by atomic mass is 35.5. The molecular weight excluding hydrogens is 336 g/mol. The van der Waals surface area contributed by atoms with Crippen LogP contribution in [0.2, 0.25) is 5.15 Å². The Morgan fingerprint density at radius 1 is 1.57 bits per heavy atom. The number of carbonyl (C=O) groups is 1. The van der Waals surface area contributed by atoms with Gasteiger partial charge in [0.1, 0.15) is 22.4 Å². The van der Waals surface area contributed by atoms with E-state index in [0.717, 1.165) is 11.5 Å². The predicted molar refractivity (Wildman–Crippen MR) is 91.3 cm³/mol. The van der Waals surface area contributed by atoms with Crippen LogP contribution in [0, 0.1) is 11.3 Å². The summed E-state index contributed by atoms with van der Waals surface area (Å²) < 4.78 is 9.09. The number of carbonyl (C=O) groups excluding carboxylic acids is 1. The van der Waals surface area contributed by atoms with Crippen molar-refractivity contribution in [3.8, 4) is 11.8 Å². The zero-order chi connectivity index (χ0) is 16.8. The maximum absolute atomic E-state index is 12.2. The summed E-state index contributed by atoms with van der Waals surface area (Å²) in [5.74, 6) is 0.463. The third-order valence-electron chi connectivity index (χ3n) is 3.10. The molecule has 0 aliphatic rings. The first-order valence-corrected chi connectivity index (χ1v) is 7.98. The molecule has 0 saturated carbocycles. The summed E-state index contributed by atoms with van der Waals surface area (Å²) in [5.41, 5.74) is 0.945. The first kappa shape index (κ1) is 17.1. The van der Waals surface area contributed by atoms with E-state index in [4.69, 9.17) is 21.6 Å². The fourth-order valence-electron chi connectivity index (χ4n) is 1.97. The van der Waals surface area contributed by atoms with Crippen molar-refractivity contribution < 1.29 is 9.53 Å². The molecule has 0 atom stereocenters. The Morgan fingerprint density at radius 3 is 3.00 bits per heavy atom. The van der Waals surface area contributed by atoms with Crippen LogP contribution in [0.1, 0.15) is 12.5 Å². The van der Waals surface area contributed by atoms with E-state index < -0.39 is 0 Å². The standard InChI is InChI=1S/C15H15ClN4O2S/c1-3-20(15-12(8-17)14(16)19-23-15)9-13(21)18-10-5-4-6-11(7-10)22-2/h4-7H,3,9H2,1-2H3,(H,18,21). The first-order valence-electron chi connectivity index (χ1n) is 6.83. The van der Waals surface area contributed by atoms with E-state index in [1.165, 1.54) is 0 Å². The minimum atomic E-state index is -0.200. The van der Waals surface area contributed by atoms with Crippen LogP contribution in [0.25, 0.3) is 0 Å². The monoisotopic (exact) mass is 350 g/mol. The number of aromatic nitrogens is 1. The average molecular weight is 351 g/mol. The minimum absolute atomic E-state index is 0.0981.